The number of benzene rings is 1. The summed E-state index contributed by atoms with van der Waals surface area (Å²) >= 11 is 0. The third kappa shape index (κ3) is 1.53. The summed E-state index contributed by atoms with van der Waals surface area (Å²) in [7, 11) is 4.05. The zero-order valence-corrected chi connectivity index (χ0v) is 9.60. The van der Waals surface area contributed by atoms with Gasteiger partial charge in [-0.3, -0.25) is 9.69 Å². The van der Waals surface area contributed by atoms with Crippen molar-refractivity contribution >= 4 is 12.0 Å². The number of likely N-dealkylation sites (N-methyl/N-ethyl adjacent to an activating group) is 1. The molecule has 1 aromatic rings. The summed E-state index contributed by atoms with van der Waals surface area (Å²) in [6.45, 7) is 0.795. The van der Waals surface area contributed by atoms with Crippen molar-refractivity contribution in [2.45, 2.75) is 5.54 Å². The Bertz CT molecular complexity index is 426. The van der Waals surface area contributed by atoms with E-state index in [0.717, 1.165) is 18.5 Å². The zero-order chi connectivity index (χ0) is 11.6. The molecular weight excluding hydrogens is 200 g/mol. The van der Waals surface area contributed by atoms with Crippen molar-refractivity contribution in [2.75, 3.05) is 26.0 Å². The highest BCUT2D eigenvalue weighted by molar-refractivity contribution is 5.68. The van der Waals surface area contributed by atoms with E-state index < -0.39 is 0 Å². The molecule has 0 amide bonds. The summed E-state index contributed by atoms with van der Waals surface area (Å²) in [5.74, 6) is 0. The first kappa shape index (κ1) is 10.9. The van der Waals surface area contributed by atoms with E-state index in [2.05, 4.69) is 22.3 Å². The Morgan fingerprint density at radius 3 is 2.81 bits per heavy atom. The van der Waals surface area contributed by atoms with Gasteiger partial charge in [0.15, 0.2) is 0 Å². The smallest absolute Gasteiger partial charge is 0.142 e. The molecule has 3 nitrogen and oxygen atoms in total. The molecule has 1 heterocycles. The van der Waals surface area contributed by atoms with E-state index in [1.54, 1.807) is 6.08 Å². The number of rotatable bonds is 3. The van der Waals surface area contributed by atoms with Gasteiger partial charge in [-0.25, -0.2) is 0 Å². The Morgan fingerprint density at radius 2 is 2.12 bits per heavy atom. The van der Waals surface area contributed by atoms with Crippen molar-refractivity contribution in [3.63, 3.8) is 0 Å². The number of fused-ring (bicyclic) bond motifs is 1. The SMILES string of the molecule is CN(C)C1(C=CC=O)CNc2ccccc21. The van der Waals surface area contributed by atoms with Gasteiger partial charge in [-0.1, -0.05) is 24.3 Å². The molecule has 0 aliphatic carbocycles. The molecule has 1 aromatic carbocycles. The van der Waals surface area contributed by atoms with E-state index >= 15 is 0 Å². The van der Waals surface area contributed by atoms with Crippen LogP contribution in [0.1, 0.15) is 5.56 Å². The second-order valence-electron chi connectivity index (χ2n) is 4.21. The number of allylic oxidation sites excluding steroid dienone is 1. The van der Waals surface area contributed by atoms with Crippen molar-refractivity contribution in [2.24, 2.45) is 0 Å². The van der Waals surface area contributed by atoms with Crippen molar-refractivity contribution in [3.05, 3.63) is 42.0 Å². The lowest BCUT2D eigenvalue weighted by molar-refractivity contribution is -0.104. The van der Waals surface area contributed by atoms with E-state index in [0.29, 0.717) is 0 Å². The number of hydrogen-bond acceptors (Lipinski definition) is 3. The number of aldehydes is 1. The van der Waals surface area contributed by atoms with Gasteiger partial charge in [0, 0.05) is 17.8 Å². The van der Waals surface area contributed by atoms with Crippen LogP contribution >= 0.6 is 0 Å². The number of para-hydroxylation sites is 1. The van der Waals surface area contributed by atoms with Gasteiger partial charge >= 0.3 is 0 Å². The van der Waals surface area contributed by atoms with Gasteiger partial charge in [-0.2, -0.15) is 0 Å². The monoisotopic (exact) mass is 216 g/mol. The highest BCUT2D eigenvalue weighted by Gasteiger charge is 2.38. The molecule has 0 fully saturated rings. The quantitative estimate of drug-likeness (QED) is 0.615. The first-order chi connectivity index (χ1) is 7.70. The standard InChI is InChI=1S/C13H16N2O/c1-15(2)13(8-5-9-16)10-14-12-7-4-3-6-11(12)13/h3-9,14H,10H2,1-2H3. The molecule has 1 aliphatic rings. The minimum atomic E-state index is -0.211. The molecule has 1 atom stereocenters. The normalized spacial score (nSPS) is 23.4. The van der Waals surface area contributed by atoms with Gasteiger partial charge in [0.2, 0.25) is 0 Å². The van der Waals surface area contributed by atoms with E-state index in [-0.39, 0.29) is 5.54 Å². The first-order valence-corrected chi connectivity index (χ1v) is 5.34. The Kier molecular flexibility index (Phi) is 2.79. The number of anilines is 1. The molecular formula is C13H16N2O. The van der Waals surface area contributed by atoms with Crippen molar-refractivity contribution < 1.29 is 4.79 Å². The van der Waals surface area contributed by atoms with Crippen LogP contribution in [-0.4, -0.2) is 31.8 Å². The van der Waals surface area contributed by atoms with Crippen LogP contribution in [0.5, 0.6) is 0 Å². The van der Waals surface area contributed by atoms with Crippen LogP contribution in [0.4, 0.5) is 5.69 Å². The van der Waals surface area contributed by atoms with Gasteiger partial charge in [-0.05, 0) is 26.2 Å². The summed E-state index contributed by atoms with van der Waals surface area (Å²) < 4.78 is 0. The van der Waals surface area contributed by atoms with E-state index in [1.165, 1.54) is 5.56 Å². The fraction of sp³-hybridized carbons (Fsp3) is 0.308. The van der Waals surface area contributed by atoms with Crippen LogP contribution in [0.25, 0.3) is 0 Å². The Labute approximate surface area is 95.8 Å². The first-order valence-electron chi connectivity index (χ1n) is 5.34. The Hall–Kier alpha value is -1.61. The fourth-order valence-electron chi connectivity index (χ4n) is 2.24. The summed E-state index contributed by atoms with van der Waals surface area (Å²) in [4.78, 5) is 12.6. The third-order valence-electron chi connectivity index (χ3n) is 3.19. The predicted octanol–water partition coefficient (Wildman–Crippen LogP) is 1.62. The van der Waals surface area contributed by atoms with Crippen LogP contribution in [0.15, 0.2) is 36.4 Å². The van der Waals surface area contributed by atoms with Crippen LogP contribution in [0.2, 0.25) is 0 Å². The lowest BCUT2D eigenvalue weighted by atomic mass is 9.90. The molecule has 16 heavy (non-hydrogen) atoms. The van der Waals surface area contributed by atoms with Crippen LogP contribution < -0.4 is 5.32 Å². The van der Waals surface area contributed by atoms with Gasteiger partial charge in [0.25, 0.3) is 0 Å². The number of carbonyl (C=O) groups excluding carboxylic acids is 1. The summed E-state index contributed by atoms with van der Waals surface area (Å²) in [6, 6.07) is 8.21. The highest BCUT2D eigenvalue weighted by Crippen LogP contribution is 2.38. The number of hydrogen-bond donors (Lipinski definition) is 1. The molecule has 0 saturated heterocycles. The summed E-state index contributed by atoms with van der Waals surface area (Å²) in [6.07, 6.45) is 4.36. The summed E-state index contributed by atoms with van der Waals surface area (Å²) in [5.41, 5.74) is 2.15. The molecule has 1 N–H and O–H groups in total. The van der Waals surface area contributed by atoms with Crippen molar-refractivity contribution in [1.29, 1.82) is 0 Å². The lowest BCUT2D eigenvalue weighted by Crippen LogP contribution is -2.41. The maximum atomic E-state index is 10.5. The minimum Gasteiger partial charge on any atom is -0.382 e. The van der Waals surface area contributed by atoms with E-state index in [9.17, 15) is 4.79 Å². The highest BCUT2D eigenvalue weighted by atomic mass is 16.1. The molecule has 3 heteroatoms. The number of nitrogens with one attached hydrogen (secondary N) is 1. The zero-order valence-electron chi connectivity index (χ0n) is 9.60. The number of nitrogens with zero attached hydrogens (tertiary/aromatic N) is 1. The molecule has 0 radical (unpaired) electrons. The average molecular weight is 216 g/mol. The molecule has 1 aliphatic heterocycles. The van der Waals surface area contributed by atoms with Gasteiger partial charge in [-0.15, -0.1) is 0 Å². The average Bonchev–Trinajstić information content (AvgIpc) is 2.67. The second kappa shape index (κ2) is 4.10. The van der Waals surface area contributed by atoms with Gasteiger partial charge in [0.05, 0.1) is 5.54 Å². The van der Waals surface area contributed by atoms with Crippen LogP contribution in [0.3, 0.4) is 0 Å². The summed E-state index contributed by atoms with van der Waals surface area (Å²) in [5, 5.41) is 3.37. The minimum absolute atomic E-state index is 0.211. The third-order valence-corrected chi connectivity index (χ3v) is 3.19. The second-order valence-corrected chi connectivity index (χ2v) is 4.21. The molecule has 0 aromatic heterocycles. The van der Waals surface area contributed by atoms with E-state index in [1.807, 2.05) is 32.3 Å². The maximum absolute atomic E-state index is 10.5. The largest absolute Gasteiger partial charge is 0.382 e. The van der Waals surface area contributed by atoms with E-state index in [4.69, 9.17) is 0 Å². The maximum Gasteiger partial charge on any atom is 0.142 e. The Morgan fingerprint density at radius 1 is 1.38 bits per heavy atom. The topological polar surface area (TPSA) is 32.3 Å². The molecule has 0 bridgehead atoms. The van der Waals surface area contributed by atoms with Crippen LogP contribution in [-0.2, 0) is 10.3 Å². The van der Waals surface area contributed by atoms with Crippen molar-refractivity contribution in [3.8, 4) is 0 Å². The molecule has 84 valence electrons. The van der Waals surface area contributed by atoms with Gasteiger partial charge in [0.1, 0.15) is 6.29 Å². The fourth-order valence-corrected chi connectivity index (χ4v) is 2.24. The molecule has 1 unspecified atom stereocenters. The molecule has 2 rings (SSSR count). The molecule has 0 saturated carbocycles. The van der Waals surface area contributed by atoms with Crippen molar-refractivity contribution in [1.82, 2.24) is 4.90 Å². The number of carbonyl (C=O) groups is 1. The van der Waals surface area contributed by atoms with Gasteiger partial charge < -0.3 is 5.32 Å². The molecule has 0 spiro atoms. The lowest BCUT2D eigenvalue weighted by Gasteiger charge is -2.33. The Balaban J connectivity index is 2.51. The predicted molar refractivity (Wildman–Crippen MR) is 65.5 cm³/mol. The van der Waals surface area contributed by atoms with Crippen LogP contribution in [0, 0.1) is 0 Å².